The minimum absolute atomic E-state index is 0.363. The fourth-order valence-corrected chi connectivity index (χ4v) is 3.20. The molecule has 140 valence electrons. The molecular weight excluding hydrogens is 354 g/mol. The molecule has 4 rings (SSSR count). The van der Waals surface area contributed by atoms with Crippen molar-refractivity contribution in [3.05, 3.63) is 108 Å². The molecule has 3 aromatic carbocycles. The molecule has 4 aromatic rings. The SMILES string of the molecule is C(#Cc1ccccc1)COCC#Cc1cn(Cc2ccccc2)c2ccccc12. The highest BCUT2D eigenvalue weighted by Crippen LogP contribution is 2.21. The van der Waals surface area contributed by atoms with Crippen LogP contribution in [0.4, 0.5) is 0 Å². The molecule has 0 N–H and O–H groups in total. The average molecular weight is 375 g/mol. The van der Waals surface area contributed by atoms with Crippen molar-refractivity contribution < 1.29 is 4.74 Å². The minimum Gasteiger partial charge on any atom is -0.356 e. The van der Waals surface area contributed by atoms with Gasteiger partial charge in [0, 0.05) is 29.2 Å². The zero-order valence-corrected chi connectivity index (χ0v) is 16.1. The van der Waals surface area contributed by atoms with Crippen LogP contribution < -0.4 is 0 Å². The van der Waals surface area contributed by atoms with Crippen molar-refractivity contribution in [1.29, 1.82) is 0 Å². The van der Waals surface area contributed by atoms with Crippen molar-refractivity contribution in [2.75, 3.05) is 13.2 Å². The fraction of sp³-hybridized carbons (Fsp3) is 0.111. The summed E-state index contributed by atoms with van der Waals surface area (Å²) < 4.78 is 7.79. The second-order valence-electron chi connectivity index (χ2n) is 6.64. The molecule has 1 heterocycles. The smallest absolute Gasteiger partial charge is 0.109 e. The summed E-state index contributed by atoms with van der Waals surface area (Å²) in [5, 5.41) is 1.17. The molecule has 1 aromatic heterocycles. The number of hydrogen-bond donors (Lipinski definition) is 0. The highest BCUT2D eigenvalue weighted by molar-refractivity contribution is 5.86. The zero-order valence-electron chi connectivity index (χ0n) is 16.1. The van der Waals surface area contributed by atoms with E-state index in [1.807, 2.05) is 36.4 Å². The number of ether oxygens (including phenoxy) is 1. The largest absolute Gasteiger partial charge is 0.356 e. The van der Waals surface area contributed by atoms with Crippen molar-refractivity contribution in [3.8, 4) is 23.7 Å². The normalized spacial score (nSPS) is 10.1. The lowest BCUT2D eigenvalue weighted by molar-refractivity contribution is 0.204. The molecule has 0 saturated heterocycles. The van der Waals surface area contributed by atoms with Crippen molar-refractivity contribution in [2.24, 2.45) is 0 Å². The summed E-state index contributed by atoms with van der Waals surface area (Å²) in [5.41, 5.74) is 4.48. The van der Waals surface area contributed by atoms with Crippen LogP contribution in [-0.2, 0) is 11.3 Å². The van der Waals surface area contributed by atoms with Crippen LogP contribution in [0.15, 0.2) is 91.1 Å². The Hall–Kier alpha value is -3.72. The molecule has 2 nitrogen and oxygen atoms in total. The Bertz CT molecular complexity index is 1200. The number of benzene rings is 3. The highest BCUT2D eigenvalue weighted by atomic mass is 16.5. The van der Waals surface area contributed by atoms with Gasteiger partial charge in [0.1, 0.15) is 13.2 Å². The number of nitrogens with zero attached hydrogens (tertiary/aromatic N) is 1. The third kappa shape index (κ3) is 4.96. The maximum absolute atomic E-state index is 5.54. The minimum atomic E-state index is 0.363. The molecule has 0 aliphatic rings. The van der Waals surface area contributed by atoms with Crippen LogP contribution in [0.25, 0.3) is 10.9 Å². The maximum atomic E-state index is 5.54. The van der Waals surface area contributed by atoms with Crippen molar-refractivity contribution in [2.45, 2.75) is 6.54 Å². The average Bonchev–Trinajstić information content (AvgIpc) is 3.12. The van der Waals surface area contributed by atoms with Crippen LogP contribution in [0.1, 0.15) is 16.7 Å². The predicted molar refractivity (Wildman–Crippen MR) is 118 cm³/mol. The van der Waals surface area contributed by atoms with Crippen LogP contribution in [0.5, 0.6) is 0 Å². The lowest BCUT2D eigenvalue weighted by Crippen LogP contribution is -1.97. The second-order valence-corrected chi connectivity index (χ2v) is 6.64. The van der Waals surface area contributed by atoms with Gasteiger partial charge in [0.15, 0.2) is 0 Å². The molecule has 0 aliphatic heterocycles. The van der Waals surface area contributed by atoms with E-state index in [4.69, 9.17) is 4.74 Å². The molecule has 0 atom stereocenters. The number of aromatic nitrogens is 1. The molecule has 0 aliphatic carbocycles. The van der Waals surface area contributed by atoms with Gasteiger partial charge in [0.2, 0.25) is 0 Å². The summed E-state index contributed by atoms with van der Waals surface area (Å²) in [4.78, 5) is 0. The molecule has 0 saturated carbocycles. The van der Waals surface area contributed by atoms with Gasteiger partial charge in [-0.1, -0.05) is 90.4 Å². The van der Waals surface area contributed by atoms with E-state index in [1.165, 1.54) is 16.5 Å². The van der Waals surface area contributed by atoms with Gasteiger partial charge in [-0.05, 0) is 23.8 Å². The number of hydrogen-bond acceptors (Lipinski definition) is 1. The second kappa shape index (κ2) is 9.47. The highest BCUT2D eigenvalue weighted by Gasteiger charge is 2.06. The lowest BCUT2D eigenvalue weighted by Gasteiger charge is -2.04. The van der Waals surface area contributed by atoms with Crippen LogP contribution in [0, 0.1) is 23.7 Å². The van der Waals surface area contributed by atoms with Crippen LogP contribution >= 0.6 is 0 Å². The van der Waals surface area contributed by atoms with Crippen molar-refractivity contribution >= 4 is 10.9 Å². The molecule has 0 amide bonds. The zero-order chi connectivity index (χ0) is 19.7. The van der Waals surface area contributed by atoms with Gasteiger partial charge in [-0.3, -0.25) is 0 Å². The predicted octanol–water partition coefficient (Wildman–Crippen LogP) is 5.11. The van der Waals surface area contributed by atoms with E-state index >= 15 is 0 Å². The van der Waals surface area contributed by atoms with Gasteiger partial charge >= 0.3 is 0 Å². The Morgan fingerprint density at radius 2 is 1.34 bits per heavy atom. The third-order valence-electron chi connectivity index (χ3n) is 4.56. The van der Waals surface area contributed by atoms with Crippen LogP contribution in [0.2, 0.25) is 0 Å². The van der Waals surface area contributed by atoms with Gasteiger partial charge in [-0.15, -0.1) is 0 Å². The fourth-order valence-electron chi connectivity index (χ4n) is 3.20. The van der Waals surface area contributed by atoms with E-state index in [-0.39, 0.29) is 0 Å². The van der Waals surface area contributed by atoms with Crippen molar-refractivity contribution in [3.63, 3.8) is 0 Å². The summed E-state index contributed by atoms with van der Waals surface area (Å²) in [6, 6.07) is 28.7. The first-order chi connectivity index (χ1) is 14.4. The first kappa shape index (κ1) is 18.6. The first-order valence-corrected chi connectivity index (χ1v) is 9.62. The number of fused-ring (bicyclic) bond motifs is 1. The number of para-hydroxylation sites is 1. The molecular formula is C27H21NO. The quantitative estimate of drug-likeness (QED) is 0.357. The summed E-state index contributed by atoms with van der Waals surface area (Å²) >= 11 is 0. The van der Waals surface area contributed by atoms with Crippen LogP contribution in [-0.4, -0.2) is 17.8 Å². The number of rotatable bonds is 4. The van der Waals surface area contributed by atoms with E-state index in [9.17, 15) is 0 Å². The standard InChI is InChI=1S/C27H21NO/c1-3-11-23(12-4-1)15-9-19-29-20-10-16-25-22-28(21-24-13-5-2-6-14-24)27-18-8-7-17-26(25)27/h1-8,11-14,17-18,22H,19-21H2. The summed E-state index contributed by atoms with van der Waals surface area (Å²) in [6.45, 7) is 1.57. The first-order valence-electron chi connectivity index (χ1n) is 9.62. The Kier molecular flexibility index (Phi) is 6.08. The molecule has 0 radical (unpaired) electrons. The molecule has 0 unspecified atom stereocenters. The molecule has 0 bridgehead atoms. The van der Waals surface area contributed by atoms with Gasteiger partial charge in [-0.2, -0.15) is 0 Å². The molecule has 29 heavy (non-hydrogen) atoms. The van der Waals surface area contributed by atoms with Gasteiger partial charge < -0.3 is 9.30 Å². The Labute approximate surface area is 171 Å². The maximum Gasteiger partial charge on any atom is 0.109 e. The topological polar surface area (TPSA) is 14.2 Å². The lowest BCUT2D eigenvalue weighted by atomic mass is 10.2. The van der Waals surface area contributed by atoms with Crippen LogP contribution in [0.3, 0.4) is 0 Å². The van der Waals surface area contributed by atoms with Gasteiger partial charge in [0.25, 0.3) is 0 Å². The molecule has 0 spiro atoms. The Morgan fingerprint density at radius 3 is 2.14 bits per heavy atom. The van der Waals surface area contributed by atoms with E-state index in [1.54, 1.807) is 0 Å². The Morgan fingerprint density at radius 1 is 0.690 bits per heavy atom. The van der Waals surface area contributed by atoms with E-state index in [0.717, 1.165) is 17.7 Å². The van der Waals surface area contributed by atoms with Gasteiger partial charge in [-0.25, -0.2) is 0 Å². The summed E-state index contributed by atoms with van der Waals surface area (Å²) in [7, 11) is 0. The van der Waals surface area contributed by atoms with E-state index < -0.39 is 0 Å². The summed E-state index contributed by atoms with van der Waals surface area (Å²) in [5.74, 6) is 12.5. The summed E-state index contributed by atoms with van der Waals surface area (Å²) in [6.07, 6.45) is 2.12. The monoisotopic (exact) mass is 375 g/mol. The molecule has 2 heteroatoms. The van der Waals surface area contributed by atoms with E-state index in [0.29, 0.717) is 13.2 Å². The molecule has 0 fully saturated rings. The van der Waals surface area contributed by atoms with E-state index in [2.05, 4.69) is 83.0 Å². The third-order valence-corrected chi connectivity index (χ3v) is 4.56. The Balaban J connectivity index is 1.42. The van der Waals surface area contributed by atoms with Gasteiger partial charge in [0.05, 0.1) is 5.56 Å². The van der Waals surface area contributed by atoms with Crippen molar-refractivity contribution in [1.82, 2.24) is 4.57 Å².